The number of hydrogen-bond acceptors (Lipinski definition) is 11. The summed E-state index contributed by atoms with van der Waals surface area (Å²) in [5, 5.41) is 18.6. The number of carbonyl (C=O) groups excluding carboxylic acids is 5. The molecule has 17 heteroatoms. The number of para-hydroxylation sites is 2. The molecule has 0 aromatic heterocycles. The summed E-state index contributed by atoms with van der Waals surface area (Å²) >= 11 is 0. The first kappa shape index (κ1) is 47.6. The Hall–Kier alpha value is -5.58. The topological polar surface area (TPSA) is 211 Å². The molecule has 5 amide bonds. The summed E-state index contributed by atoms with van der Waals surface area (Å²) in [7, 11) is 7.29. The second-order valence-corrected chi connectivity index (χ2v) is 12.9. The molecule has 2 rings (SSSR count). The Balaban J connectivity index is 1.86. The van der Waals surface area contributed by atoms with Crippen LogP contribution in [0, 0.1) is 0 Å². The van der Waals surface area contributed by atoms with Gasteiger partial charge in [0.15, 0.2) is 23.0 Å². The maximum atomic E-state index is 13.4. The first-order chi connectivity index (χ1) is 27.5. The second-order valence-electron chi connectivity index (χ2n) is 12.9. The molecular weight excluding hydrogens is 742 g/mol. The lowest BCUT2D eigenvalue weighted by molar-refractivity contribution is -0.176. The molecule has 0 unspecified atom stereocenters. The highest BCUT2D eigenvalue weighted by Crippen LogP contribution is 2.31. The lowest BCUT2D eigenvalue weighted by Gasteiger charge is -2.23. The average molecular weight is 802 g/mol. The van der Waals surface area contributed by atoms with Crippen molar-refractivity contribution in [2.24, 2.45) is 0 Å². The van der Waals surface area contributed by atoms with Crippen molar-refractivity contribution >= 4 is 35.5 Å². The number of unbranched alkanes of at least 4 members (excludes halogenated alkanes) is 3. The number of hydroxylamine groups is 2. The lowest BCUT2D eigenvalue weighted by Crippen LogP contribution is -2.36. The van der Waals surface area contributed by atoms with Gasteiger partial charge in [-0.1, -0.05) is 12.1 Å². The van der Waals surface area contributed by atoms with Gasteiger partial charge >= 0.3 is 5.97 Å². The Kier molecular flexibility index (Phi) is 22.6. The first-order valence-corrected chi connectivity index (χ1v) is 19.1. The van der Waals surface area contributed by atoms with Crippen molar-refractivity contribution in [3.05, 3.63) is 47.5 Å². The van der Waals surface area contributed by atoms with E-state index in [0.717, 1.165) is 0 Å². The molecular formula is C40H59N5O12. The molecule has 4 N–H and O–H groups in total. The summed E-state index contributed by atoms with van der Waals surface area (Å²) < 4.78 is 21.3. The molecule has 0 spiro atoms. The smallest absolute Gasteiger partial charge is 0.303 e. The van der Waals surface area contributed by atoms with E-state index in [-0.39, 0.29) is 68.2 Å². The van der Waals surface area contributed by atoms with E-state index in [9.17, 15) is 28.8 Å². The van der Waals surface area contributed by atoms with Gasteiger partial charge in [-0.15, -0.1) is 0 Å². The predicted octanol–water partition coefficient (Wildman–Crippen LogP) is 3.59. The van der Waals surface area contributed by atoms with E-state index in [1.807, 2.05) is 0 Å². The lowest BCUT2D eigenvalue weighted by atomic mass is 10.1. The molecule has 0 fully saturated rings. The van der Waals surface area contributed by atoms with E-state index in [2.05, 4.69) is 16.0 Å². The minimum absolute atomic E-state index is 0.00163. The minimum Gasteiger partial charge on any atom is -0.493 e. The van der Waals surface area contributed by atoms with Gasteiger partial charge in [0.1, 0.15) is 0 Å². The molecule has 0 bridgehead atoms. The maximum absolute atomic E-state index is 13.4. The Morgan fingerprint density at radius 2 is 1.07 bits per heavy atom. The number of carboxylic acid groups (broad SMARTS) is 1. The molecule has 0 aliphatic heterocycles. The van der Waals surface area contributed by atoms with Crippen LogP contribution in [-0.2, 0) is 24.0 Å². The molecule has 2 aromatic rings. The molecule has 0 saturated heterocycles. The Bertz CT molecular complexity index is 1600. The SMILES string of the molecule is COc1cccc(C(=O)NCCCCN(CCCNC(=O)c2cccc(OC)c2OC)C(=O)CCC(=O)NCCCCCN(OC)C(=O)CCCC(=O)O)c1OC. The number of nitrogens with zero attached hydrogens (tertiary/aromatic N) is 2. The number of ether oxygens (including phenoxy) is 4. The van der Waals surface area contributed by atoms with Crippen molar-refractivity contribution in [2.45, 2.75) is 70.6 Å². The van der Waals surface area contributed by atoms with Gasteiger partial charge in [-0.25, -0.2) is 5.06 Å². The number of rotatable bonds is 29. The third-order valence-electron chi connectivity index (χ3n) is 8.88. The van der Waals surface area contributed by atoms with Crippen LogP contribution in [-0.4, -0.2) is 125 Å². The average Bonchev–Trinajstić information content (AvgIpc) is 3.21. The van der Waals surface area contributed by atoms with Crippen LogP contribution >= 0.6 is 0 Å². The number of carboxylic acids is 1. The van der Waals surface area contributed by atoms with Crippen molar-refractivity contribution in [1.82, 2.24) is 25.9 Å². The highest BCUT2D eigenvalue weighted by atomic mass is 16.7. The number of hydrogen-bond donors (Lipinski definition) is 4. The maximum Gasteiger partial charge on any atom is 0.303 e. The number of benzene rings is 2. The molecule has 0 saturated carbocycles. The Morgan fingerprint density at radius 3 is 1.61 bits per heavy atom. The molecule has 57 heavy (non-hydrogen) atoms. The highest BCUT2D eigenvalue weighted by Gasteiger charge is 2.19. The number of carbonyl (C=O) groups is 6. The monoisotopic (exact) mass is 801 g/mol. The third-order valence-corrected chi connectivity index (χ3v) is 8.88. The standard InChI is InChI=1S/C40H59N5O12/c1-53-31-17-11-15-29(37(31)55-3)39(51)42-24-8-10-26-44(27-14-25-43-40(52)30-16-12-18-32(54-2)38(30)56-4)34(47)22-21-33(46)41-23-7-6-9-28-45(57-5)35(48)19-13-20-36(49)50/h11-12,15-18H,6-10,13-14,19-28H2,1-5H3,(H,41,46)(H,42,51)(H,43,52)(H,49,50). The van der Waals surface area contributed by atoms with Crippen molar-refractivity contribution in [3.63, 3.8) is 0 Å². The zero-order valence-electron chi connectivity index (χ0n) is 33.8. The van der Waals surface area contributed by atoms with Gasteiger partial charge in [0.05, 0.1) is 46.7 Å². The Morgan fingerprint density at radius 1 is 0.544 bits per heavy atom. The van der Waals surface area contributed by atoms with Crippen LogP contribution in [0.4, 0.5) is 0 Å². The summed E-state index contributed by atoms with van der Waals surface area (Å²) in [4.78, 5) is 81.4. The number of methoxy groups -OCH3 is 4. The molecule has 0 aliphatic rings. The van der Waals surface area contributed by atoms with Crippen molar-refractivity contribution < 1.29 is 57.7 Å². The zero-order valence-corrected chi connectivity index (χ0v) is 33.8. The van der Waals surface area contributed by atoms with Crippen LogP contribution in [0.3, 0.4) is 0 Å². The highest BCUT2D eigenvalue weighted by molar-refractivity contribution is 5.98. The van der Waals surface area contributed by atoms with Gasteiger partial charge in [0, 0.05) is 65.0 Å². The molecule has 316 valence electrons. The van der Waals surface area contributed by atoms with Gasteiger partial charge in [0.2, 0.25) is 17.7 Å². The van der Waals surface area contributed by atoms with Crippen LogP contribution in [0.25, 0.3) is 0 Å². The first-order valence-electron chi connectivity index (χ1n) is 19.1. The van der Waals surface area contributed by atoms with E-state index in [1.54, 1.807) is 41.3 Å². The summed E-state index contributed by atoms with van der Waals surface area (Å²) in [5.74, 6) is -0.824. The van der Waals surface area contributed by atoms with Crippen LogP contribution in [0.2, 0.25) is 0 Å². The van der Waals surface area contributed by atoms with Gasteiger partial charge in [-0.3, -0.25) is 33.6 Å². The van der Waals surface area contributed by atoms with Crippen LogP contribution in [0.15, 0.2) is 36.4 Å². The fraction of sp³-hybridized carbons (Fsp3) is 0.550. The second kappa shape index (κ2) is 27.1. The van der Waals surface area contributed by atoms with Crippen LogP contribution in [0.1, 0.15) is 91.3 Å². The van der Waals surface area contributed by atoms with E-state index in [1.165, 1.54) is 40.6 Å². The van der Waals surface area contributed by atoms with E-state index in [0.29, 0.717) is 105 Å². The molecule has 0 atom stereocenters. The zero-order chi connectivity index (χ0) is 42.0. The number of amides is 5. The largest absolute Gasteiger partial charge is 0.493 e. The van der Waals surface area contributed by atoms with E-state index < -0.39 is 5.97 Å². The van der Waals surface area contributed by atoms with Crippen molar-refractivity contribution in [2.75, 3.05) is 74.8 Å². The predicted molar refractivity (Wildman–Crippen MR) is 210 cm³/mol. The van der Waals surface area contributed by atoms with Crippen LogP contribution < -0.4 is 34.9 Å². The molecule has 0 aliphatic carbocycles. The Labute approximate surface area is 334 Å². The molecule has 17 nitrogen and oxygen atoms in total. The van der Waals surface area contributed by atoms with Crippen molar-refractivity contribution in [3.8, 4) is 23.0 Å². The van der Waals surface area contributed by atoms with Crippen LogP contribution in [0.5, 0.6) is 23.0 Å². The number of aliphatic carboxylic acids is 1. The van der Waals surface area contributed by atoms with Gasteiger partial charge in [-0.05, 0) is 69.2 Å². The summed E-state index contributed by atoms with van der Waals surface area (Å²) in [6, 6.07) is 10.1. The fourth-order valence-corrected chi connectivity index (χ4v) is 5.87. The normalized spacial score (nSPS) is 10.5. The van der Waals surface area contributed by atoms with E-state index in [4.69, 9.17) is 28.9 Å². The van der Waals surface area contributed by atoms with Gasteiger partial charge < -0.3 is 44.9 Å². The van der Waals surface area contributed by atoms with Gasteiger partial charge in [0.25, 0.3) is 11.8 Å². The third kappa shape index (κ3) is 17.0. The van der Waals surface area contributed by atoms with Gasteiger partial charge in [-0.2, -0.15) is 0 Å². The number of nitrogens with one attached hydrogen (secondary N) is 3. The van der Waals surface area contributed by atoms with Crippen molar-refractivity contribution in [1.29, 1.82) is 0 Å². The molecule has 0 heterocycles. The fourth-order valence-electron chi connectivity index (χ4n) is 5.87. The van der Waals surface area contributed by atoms with E-state index >= 15 is 0 Å². The quantitative estimate of drug-likeness (QED) is 0.0687. The summed E-state index contributed by atoms with van der Waals surface area (Å²) in [5.41, 5.74) is 0.665. The minimum atomic E-state index is -0.955. The summed E-state index contributed by atoms with van der Waals surface area (Å²) in [6.07, 6.45) is 3.85. The summed E-state index contributed by atoms with van der Waals surface area (Å²) in [6.45, 7) is 2.11. The molecule has 2 aromatic carbocycles. The molecule has 0 radical (unpaired) electrons.